The Balaban J connectivity index is 0.00000338. The zero-order chi connectivity index (χ0) is 18.1. The molecule has 1 aliphatic heterocycles. The summed E-state index contributed by atoms with van der Waals surface area (Å²) in [6.45, 7) is 6.39. The van der Waals surface area contributed by atoms with Crippen molar-refractivity contribution in [2.24, 2.45) is 10.9 Å². The molecule has 0 radical (unpaired) electrons. The number of hydrogen-bond acceptors (Lipinski definition) is 3. The molecule has 1 aromatic carbocycles. The molecule has 2 rings (SSSR count). The van der Waals surface area contributed by atoms with Crippen LogP contribution in [0, 0.1) is 12.8 Å². The smallest absolute Gasteiger partial charge is 0.190 e. The molecule has 1 saturated heterocycles. The first-order chi connectivity index (χ1) is 12.1. The summed E-state index contributed by atoms with van der Waals surface area (Å²) < 4.78 is 5.39. The summed E-state index contributed by atoms with van der Waals surface area (Å²) in [5, 5.41) is 6.85. The Hall–Kier alpha value is -1.02. The van der Waals surface area contributed by atoms with Crippen LogP contribution in [0.3, 0.4) is 0 Å². The van der Waals surface area contributed by atoms with Crippen molar-refractivity contribution in [3.63, 3.8) is 0 Å². The third-order valence-corrected chi connectivity index (χ3v) is 5.09. The van der Waals surface area contributed by atoms with Gasteiger partial charge in [-0.05, 0) is 75.9 Å². The number of piperidine rings is 1. The van der Waals surface area contributed by atoms with Crippen LogP contribution in [0.1, 0.15) is 30.4 Å². The standard InChI is InChI=1S/C20H34N4O.HI/c1-16-5-6-18(15-19(16)25-4)8-12-23-20(21-2)22-11-7-17-9-13-24(3)14-10-17;/h5-6,15,17H,7-14H2,1-4H3,(H2,21,22,23);1H. The Morgan fingerprint density at radius 2 is 1.92 bits per heavy atom. The van der Waals surface area contributed by atoms with Crippen molar-refractivity contribution in [2.45, 2.75) is 32.6 Å². The third-order valence-electron chi connectivity index (χ3n) is 5.09. The number of halogens is 1. The van der Waals surface area contributed by atoms with Crippen molar-refractivity contribution < 1.29 is 4.74 Å². The van der Waals surface area contributed by atoms with Gasteiger partial charge in [0, 0.05) is 20.1 Å². The van der Waals surface area contributed by atoms with E-state index >= 15 is 0 Å². The van der Waals surface area contributed by atoms with Gasteiger partial charge in [0.1, 0.15) is 5.75 Å². The number of likely N-dealkylation sites (tertiary alicyclic amines) is 1. The normalized spacial score (nSPS) is 16.1. The molecule has 1 aliphatic rings. The van der Waals surface area contributed by atoms with Gasteiger partial charge in [-0.25, -0.2) is 0 Å². The molecule has 0 aliphatic carbocycles. The number of benzene rings is 1. The van der Waals surface area contributed by atoms with Crippen LogP contribution in [0.5, 0.6) is 5.75 Å². The first-order valence-electron chi connectivity index (χ1n) is 9.39. The molecule has 1 heterocycles. The van der Waals surface area contributed by atoms with E-state index in [4.69, 9.17) is 4.74 Å². The van der Waals surface area contributed by atoms with Crippen LogP contribution in [-0.4, -0.2) is 58.2 Å². The fraction of sp³-hybridized carbons (Fsp3) is 0.650. The predicted molar refractivity (Wildman–Crippen MR) is 121 cm³/mol. The van der Waals surface area contributed by atoms with Crippen molar-refractivity contribution in [1.82, 2.24) is 15.5 Å². The highest BCUT2D eigenvalue weighted by molar-refractivity contribution is 14.0. The molecule has 5 nitrogen and oxygen atoms in total. The van der Waals surface area contributed by atoms with Gasteiger partial charge in [-0.15, -0.1) is 24.0 Å². The van der Waals surface area contributed by atoms with E-state index in [2.05, 4.69) is 52.7 Å². The van der Waals surface area contributed by atoms with Gasteiger partial charge in [-0.2, -0.15) is 0 Å². The van der Waals surface area contributed by atoms with E-state index in [-0.39, 0.29) is 24.0 Å². The Bertz CT molecular complexity index is 557. The summed E-state index contributed by atoms with van der Waals surface area (Å²) in [7, 11) is 5.77. The second-order valence-corrected chi connectivity index (χ2v) is 7.02. The predicted octanol–water partition coefficient (Wildman–Crippen LogP) is 3.06. The van der Waals surface area contributed by atoms with Crippen molar-refractivity contribution in [3.8, 4) is 5.75 Å². The number of aliphatic imine (C=N–C) groups is 1. The second kappa shape index (κ2) is 12.4. The molecule has 0 bridgehead atoms. The maximum atomic E-state index is 5.39. The van der Waals surface area contributed by atoms with Gasteiger partial charge in [0.15, 0.2) is 5.96 Å². The topological polar surface area (TPSA) is 48.9 Å². The number of ether oxygens (including phenoxy) is 1. The van der Waals surface area contributed by atoms with Crippen molar-refractivity contribution in [1.29, 1.82) is 0 Å². The monoisotopic (exact) mass is 474 g/mol. The average Bonchev–Trinajstić information content (AvgIpc) is 2.63. The van der Waals surface area contributed by atoms with Crippen LogP contribution in [0.15, 0.2) is 23.2 Å². The number of aryl methyl sites for hydroxylation is 1. The maximum Gasteiger partial charge on any atom is 0.190 e. The lowest BCUT2D eigenvalue weighted by atomic mass is 9.94. The largest absolute Gasteiger partial charge is 0.496 e. The molecule has 0 aromatic heterocycles. The van der Waals surface area contributed by atoms with E-state index in [9.17, 15) is 0 Å². The number of methoxy groups -OCH3 is 1. The van der Waals surface area contributed by atoms with Crippen LogP contribution in [-0.2, 0) is 6.42 Å². The first-order valence-corrected chi connectivity index (χ1v) is 9.39. The quantitative estimate of drug-likeness (QED) is 0.363. The number of nitrogens with zero attached hydrogens (tertiary/aromatic N) is 2. The summed E-state index contributed by atoms with van der Waals surface area (Å²) in [6, 6.07) is 6.39. The van der Waals surface area contributed by atoms with Crippen LogP contribution in [0.2, 0.25) is 0 Å². The molecule has 0 unspecified atom stereocenters. The second-order valence-electron chi connectivity index (χ2n) is 7.02. The van der Waals surface area contributed by atoms with E-state index in [1.54, 1.807) is 7.11 Å². The van der Waals surface area contributed by atoms with Gasteiger partial charge in [-0.1, -0.05) is 12.1 Å². The van der Waals surface area contributed by atoms with Crippen molar-refractivity contribution in [2.75, 3.05) is 47.4 Å². The minimum atomic E-state index is 0. The number of guanidine groups is 1. The van der Waals surface area contributed by atoms with Crippen LogP contribution < -0.4 is 15.4 Å². The molecule has 6 heteroatoms. The summed E-state index contributed by atoms with van der Waals surface area (Å²) in [6.07, 6.45) is 4.81. The highest BCUT2D eigenvalue weighted by Gasteiger charge is 2.16. The Labute approximate surface area is 176 Å². The molecular formula is C20H35IN4O. The minimum Gasteiger partial charge on any atom is -0.496 e. The lowest BCUT2D eigenvalue weighted by molar-refractivity contribution is 0.213. The lowest BCUT2D eigenvalue weighted by Gasteiger charge is -2.29. The van der Waals surface area contributed by atoms with Gasteiger partial charge in [-0.3, -0.25) is 4.99 Å². The maximum absolute atomic E-state index is 5.39. The van der Waals surface area contributed by atoms with Crippen LogP contribution in [0.4, 0.5) is 0 Å². The molecule has 0 atom stereocenters. The average molecular weight is 474 g/mol. The molecule has 1 fully saturated rings. The number of rotatable bonds is 7. The summed E-state index contributed by atoms with van der Waals surface area (Å²) >= 11 is 0. The van der Waals surface area contributed by atoms with Crippen molar-refractivity contribution in [3.05, 3.63) is 29.3 Å². The zero-order valence-corrected chi connectivity index (χ0v) is 19.0. The molecule has 26 heavy (non-hydrogen) atoms. The van der Waals surface area contributed by atoms with Crippen LogP contribution >= 0.6 is 24.0 Å². The zero-order valence-electron chi connectivity index (χ0n) is 16.7. The van der Waals surface area contributed by atoms with E-state index in [1.165, 1.54) is 43.5 Å². The SMILES string of the molecule is CN=C(NCCc1ccc(C)c(OC)c1)NCCC1CCN(C)CC1.I. The number of nitrogens with one attached hydrogen (secondary N) is 2. The Morgan fingerprint density at radius 1 is 1.23 bits per heavy atom. The van der Waals surface area contributed by atoms with Gasteiger partial charge in [0.25, 0.3) is 0 Å². The minimum absolute atomic E-state index is 0. The lowest BCUT2D eigenvalue weighted by Crippen LogP contribution is -2.39. The Kier molecular flexibility index (Phi) is 11.0. The molecule has 2 N–H and O–H groups in total. The van der Waals surface area contributed by atoms with E-state index in [0.717, 1.165) is 37.1 Å². The molecule has 1 aromatic rings. The fourth-order valence-electron chi connectivity index (χ4n) is 3.31. The molecule has 0 amide bonds. The third kappa shape index (κ3) is 7.70. The van der Waals surface area contributed by atoms with E-state index in [0.29, 0.717) is 0 Å². The number of hydrogen-bond donors (Lipinski definition) is 2. The van der Waals surface area contributed by atoms with Gasteiger partial charge < -0.3 is 20.3 Å². The van der Waals surface area contributed by atoms with Crippen molar-refractivity contribution >= 4 is 29.9 Å². The van der Waals surface area contributed by atoms with Gasteiger partial charge >= 0.3 is 0 Å². The van der Waals surface area contributed by atoms with E-state index in [1.807, 2.05) is 7.05 Å². The van der Waals surface area contributed by atoms with Crippen LogP contribution in [0.25, 0.3) is 0 Å². The molecule has 0 saturated carbocycles. The summed E-state index contributed by atoms with van der Waals surface area (Å²) in [4.78, 5) is 6.74. The highest BCUT2D eigenvalue weighted by Crippen LogP contribution is 2.19. The summed E-state index contributed by atoms with van der Waals surface area (Å²) in [5.74, 6) is 2.70. The highest BCUT2D eigenvalue weighted by atomic mass is 127. The Morgan fingerprint density at radius 3 is 2.58 bits per heavy atom. The van der Waals surface area contributed by atoms with Gasteiger partial charge in [0.05, 0.1) is 7.11 Å². The summed E-state index contributed by atoms with van der Waals surface area (Å²) in [5.41, 5.74) is 2.45. The van der Waals surface area contributed by atoms with Gasteiger partial charge in [0.2, 0.25) is 0 Å². The molecular weight excluding hydrogens is 439 g/mol. The molecule has 148 valence electrons. The fourth-order valence-corrected chi connectivity index (χ4v) is 3.31. The first kappa shape index (κ1) is 23.0. The van der Waals surface area contributed by atoms with E-state index < -0.39 is 0 Å². The molecule has 0 spiro atoms.